The van der Waals surface area contributed by atoms with Gasteiger partial charge >= 0.3 is 0 Å². The number of hydrogen-bond acceptors (Lipinski definition) is 4. The van der Waals surface area contributed by atoms with Crippen molar-refractivity contribution in [2.75, 3.05) is 19.4 Å². The van der Waals surface area contributed by atoms with E-state index in [-0.39, 0.29) is 16.8 Å². The van der Waals surface area contributed by atoms with Gasteiger partial charge in [0.15, 0.2) is 0 Å². The van der Waals surface area contributed by atoms with E-state index in [0.717, 1.165) is 12.8 Å². The molecule has 1 aliphatic carbocycles. The van der Waals surface area contributed by atoms with Crippen molar-refractivity contribution in [2.24, 2.45) is 0 Å². The number of nitrogens with zero attached hydrogens (tertiary/aromatic N) is 1. The number of carbonyl (C=O) groups is 1. The van der Waals surface area contributed by atoms with Crippen LogP contribution in [0, 0.1) is 0 Å². The van der Waals surface area contributed by atoms with Crippen molar-refractivity contribution in [3.63, 3.8) is 0 Å². The lowest BCUT2D eigenvalue weighted by Gasteiger charge is -2.20. The third-order valence-corrected chi connectivity index (χ3v) is 4.84. The fraction of sp³-hybridized carbons (Fsp3) is 0.500. The summed E-state index contributed by atoms with van der Waals surface area (Å²) in [6.45, 7) is 1.71. The topological polar surface area (TPSA) is 78.5 Å². The highest BCUT2D eigenvalue weighted by atomic mass is 32.2. The number of sulfonamides is 1. The highest BCUT2D eigenvalue weighted by Crippen LogP contribution is 2.26. The Balaban J connectivity index is 2.22. The van der Waals surface area contributed by atoms with Crippen LogP contribution in [-0.2, 0) is 14.8 Å². The first-order chi connectivity index (χ1) is 9.81. The molecule has 2 rings (SSSR count). The zero-order valence-corrected chi connectivity index (χ0v) is 13.3. The van der Waals surface area contributed by atoms with Crippen LogP contribution in [0.2, 0.25) is 0 Å². The molecule has 1 saturated carbocycles. The van der Waals surface area contributed by atoms with Crippen molar-refractivity contribution in [3.05, 3.63) is 24.3 Å². The maximum atomic E-state index is 12.3. The number of amides is 1. The third kappa shape index (κ3) is 3.95. The van der Waals surface area contributed by atoms with E-state index in [9.17, 15) is 13.2 Å². The second-order valence-electron chi connectivity index (χ2n) is 5.49. The minimum absolute atomic E-state index is 0.0453. The van der Waals surface area contributed by atoms with Gasteiger partial charge < -0.3 is 10.2 Å². The minimum Gasteiger partial charge on any atom is -0.373 e. The van der Waals surface area contributed by atoms with Crippen LogP contribution in [-0.4, -0.2) is 45.4 Å². The van der Waals surface area contributed by atoms with Crippen LogP contribution < -0.4 is 10.0 Å². The molecule has 0 saturated heterocycles. The molecule has 21 heavy (non-hydrogen) atoms. The lowest BCUT2D eigenvalue weighted by atomic mass is 10.2. The maximum Gasteiger partial charge on any atom is 0.244 e. The molecule has 2 N–H and O–H groups in total. The van der Waals surface area contributed by atoms with Gasteiger partial charge in [-0.1, -0.05) is 12.1 Å². The summed E-state index contributed by atoms with van der Waals surface area (Å²) in [7, 11) is -0.228. The van der Waals surface area contributed by atoms with Crippen LogP contribution in [0.3, 0.4) is 0 Å². The van der Waals surface area contributed by atoms with Crippen molar-refractivity contribution >= 4 is 21.6 Å². The third-order valence-electron chi connectivity index (χ3n) is 3.26. The Morgan fingerprint density at radius 3 is 2.48 bits per heavy atom. The molecule has 1 atom stereocenters. The van der Waals surface area contributed by atoms with Crippen molar-refractivity contribution in [3.8, 4) is 0 Å². The molecule has 0 bridgehead atoms. The number of likely N-dealkylation sites (N-methyl/N-ethyl adjacent to an activating group) is 1. The van der Waals surface area contributed by atoms with Gasteiger partial charge in [-0.3, -0.25) is 4.79 Å². The van der Waals surface area contributed by atoms with Crippen molar-refractivity contribution in [2.45, 2.75) is 36.7 Å². The standard InChI is InChI=1S/C14H21N3O3S/c1-10(14(18)17(2)3)15-12-6-4-5-7-13(12)21(19,20)16-11-8-9-11/h4-7,10-11,15-16H,8-9H2,1-3H3. The summed E-state index contributed by atoms with van der Waals surface area (Å²) in [6.07, 6.45) is 1.76. The van der Waals surface area contributed by atoms with Crippen molar-refractivity contribution in [1.29, 1.82) is 0 Å². The maximum absolute atomic E-state index is 12.3. The Kier molecular flexibility index (Phi) is 4.53. The van der Waals surface area contributed by atoms with Crippen LogP contribution in [0.15, 0.2) is 29.2 Å². The van der Waals surface area contributed by atoms with E-state index in [4.69, 9.17) is 0 Å². The first-order valence-corrected chi connectivity index (χ1v) is 8.38. The predicted octanol–water partition coefficient (Wildman–Crippen LogP) is 1.02. The van der Waals surface area contributed by atoms with E-state index in [0.29, 0.717) is 5.69 Å². The zero-order chi connectivity index (χ0) is 15.6. The van der Waals surface area contributed by atoms with Crippen LogP contribution in [0.4, 0.5) is 5.69 Å². The molecule has 1 aromatic carbocycles. The van der Waals surface area contributed by atoms with Crippen LogP contribution >= 0.6 is 0 Å². The largest absolute Gasteiger partial charge is 0.373 e. The molecule has 0 radical (unpaired) electrons. The first-order valence-electron chi connectivity index (χ1n) is 6.90. The first kappa shape index (κ1) is 15.8. The Hall–Kier alpha value is -1.60. The van der Waals surface area contributed by atoms with Crippen LogP contribution in [0.25, 0.3) is 0 Å². The Labute approximate surface area is 125 Å². The Morgan fingerprint density at radius 2 is 1.90 bits per heavy atom. The molecule has 6 nitrogen and oxygen atoms in total. The fourth-order valence-corrected chi connectivity index (χ4v) is 3.46. The lowest BCUT2D eigenvalue weighted by Crippen LogP contribution is -2.37. The average molecular weight is 311 g/mol. The molecular weight excluding hydrogens is 290 g/mol. The molecule has 0 heterocycles. The van der Waals surface area contributed by atoms with E-state index in [1.54, 1.807) is 45.3 Å². The van der Waals surface area contributed by atoms with E-state index >= 15 is 0 Å². The summed E-state index contributed by atoms with van der Waals surface area (Å²) in [4.78, 5) is 13.5. The van der Waals surface area contributed by atoms with Gasteiger partial charge in [0.2, 0.25) is 15.9 Å². The monoisotopic (exact) mass is 311 g/mol. The molecule has 7 heteroatoms. The number of nitrogens with one attached hydrogen (secondary N) is 2. The molecule has 0 aliphatic heterocycles. The number of carbonyl (C=O) groups excluding carboxylic acids is 1. The highest BCUT2D eigenvalue weighted by molar-refractivity contribution is 7.89. The number of anilines is 1. The molecule has 0 aromatic heterocycles. The fourth-order valence-electron chi connectivity index (χ4n) is 1.99. The normalized spacial score (nSPS) is 16.3. The summed E-state index contributed by atoms with van der Waals surface area (Å²) in [5.74, 6) is -0.114. The Morgan fingerprint density at radius 1 is 1.29 bits per heavy atom. The number of hydrogen-bond donors (Lipinski definition) is 2. The summed E-state index contributed by atoms with van der Waals surface area (Å²) >= 11 is 0. The quantitative estimate of drug-likeness (QED) is 0.822. The predicted molar refractivity (Wildman–Crippen MR) is 81.6 cm³/mol. The summed E-state index contributed by atoms with van der Waals surface area (Å²) in [5, 5.41) is 2.98. The SMILES string of the molecule is CC(Nc1ccccc1S(=O)(=O)NC1CC1)C(=O)N(C)C. The molecular formula is C14H21N3O3S. The van der Waals surface area contributed by atoms with Gasteiger partial charge in [0.1, 0.15) is 10.9 Å². The second kappa shape index (κ2) is 6.03. The van der Waals surface area contributed by atoms with E-state index in [1.807, 2.05) is 0 Å². The van der Waals surface area contributed by atoms with Crippen LogP contribution in [0.5, 0.6) is 0 Å². The molecule has 116 valence electrons. The second-order valence-corrected chi connectivity index (χ2v) is 7.17. The van der Waals surface area contributed by atoms with Crippen molar-refractivity contribution in [1.82, 2.24) is 9.62 Å². The van der Waals surface area contributed by atoms with Gasteiger partial charge in [-0.15, -0.1) is 0 Å². The number of benzene rings is 1. The Bertz CT molecular complexity index is 624. The number of rotatable bonds is 6. The zero-order valence-electron chi connectivity index (χ0n) is 12.5. The smallest absolute Gasteiger partial charge is 0.244 e. The van der Waals surface area contributed by atoms with E-state index in [2.05, 4.69) is 10.0 Å². The molecule has 1 unspecified atom stereocenters. The molecule has 1 aromatic rings. The van der Waals surface area contributed by atoms with Gasteiger partial charge in [-0.25, -0.2) is 13.1 Å². The van der Waals surface area contributed by atoms with E-state index < -0.39 is 16.1 Å². The van der Waals surface area contributed by atoms with Gasteiger partial charge in [-0.2, -0.15) is 0 Å². The highest BCUT2D eigenvalue weighted by Gasteiger charge is 2.29. The molecule has 0 spiro atoms. The summed E-state index contributed by atoms with van der Waals surface area (Å²) in [6, 6.07) is 6.16. The van der Waals surface area contributed by atoms with Gasteiger partial charge in [0, 0.05) is 20.1 Å². The van der Waals surface area contributed by atoms with Crippen LogP contribution in [0.1, 0.15) is 19.8 Å². The number of para-hydroxylation sites is 1. The van der Waals surface area contributed by atoms with Crippen molar-refractivity contribution < 1.29 is 13.2 Å². The minimum atomic E-state index is -3.56. The van der Waals surface area contributed by atoms with Gasteiger partial charge in [-0.05, 0) is 31.9 Å². The molecule has 1 aliphatic rings. The summed E-state index contributed by atoms with van der Waals surface area (Å²) in [5.41, 5.74) is 0.438. The molecule has 1 amide bonds. The molecule has 1 fully saturated rings. The lowest BCUT2D eigenvalue weighted by molar-refractivity contribution is -0.129. The van der Waals surface area contributed by atoms with E-state index in [1.165, 1.54) is 4.90 Å². The average Bonchev–Trinajstić information content (AvgIpc) is 3.21. The van der Waals surface area contributed by atoms with Gasteiger partial charge in [0.05, 0.1) is 5.69 Å². The van der Waals surface area contributed by atoms with Gasteiger partial charge in [0.25, 0.3) is 0 Å². The summed E-state index contributed by atoms with van der Waals surface area (Å²) < 4.78 is 27.3.